The summed E-state index contributed by atoms with van der Waals surface area (Å²) in [5.74, 6) is 1.83. The first-order valence-electron chi connectivity index (χ1n) is 5.07. The first-order valence-corrected chi connectivity index (χ1v) is 5.07. The molecule has 0 radical (unpaired) electrons. The van der Waals surface area contributed by atoms with Crippen molar-refractivity contribution in [1.29, 1.82) is 0 Å². The number of hydrogen-bond donors (Lipinski definition) is 1. The first-order chi connectivity index (χ1) is 5.70. The molecule has 0 aromatic heterocycles. The molecular formula is C11H18O. The van der Waals surface area contributed by atoms with Crippen molar-refractivity contribution in [1.82, 2.24) is 0 Å². The molecule has 1 N–H and O–H groups in total. The van der Waals surface area contributed by atoms with Gasteiger partial charge < -0.3 is 5.11 Å². The van der Waals surface area contributed by atoms with Crippen molar-refractivity contribution < 1.29 is 5.11 Å². The summed E-state index contributed by atoms with van der Waals surface area (Å²) >= 11 is 0. The highest BCUT2D eigenvalue weighted by atomic mass is 16.3. The standard InChI is InChI=1S/C11H18O/c1-7-6-10-9(8(7)2)4-3-5-11(10)12/h7,9-12H,2-6H2,1H3. The zero-order chi connectivity index (χ0) is 8.72. The third kappa shape index (κ3) is 1.11. The van der Waals surface area contributed by atoms with Crippen LogP contribution in [0.5, 0.6) is 0 Å². The maximum atomic E-state index is 9.77. The lowest BCUT2D eigenvalue weighted by molar-refractivity contribution is 0.0527. The fraction of sp³-hybridized carbons (Fsp3) is 0.818. The second kappa shape index (κ2) is 2.88. The second-order valence-corrected chi connectivity index (χ2v) is 4.48. The van der Waals surface area contributed by atoms with Crippen molar-refractivity contribution in [2.75, 3.05) is 0 Å². The van der Waals surface area contributed by atoms with Crippen molar-refractivity contribution in [2.45, 2.75) is 38.7 Å². The highest BCUT2D eigenvalue weighted by Crippen LogP contribution is 2.47. The molecule has 2 fully saturated rings. The molecule has 4 atom stereocenters. The van der Waals surface area contributed by atoms with E-state index in [0.29, 0.717) is 17.8 Å². The molecule has 68 valence electrons. The minimum Gasteiger partial charge on any atom is -0.393 e. The van der Waals surface area contributed by atoms with Crippen LogP contribution in [0.1, 0.15) is 32.6 Å². The molecule has 0 saturated heterocycles. The predicted octanol–water partition coefficient (Wildman–Crippen LogP) is 2.36. The molecule has 0 aromatic carbocycles. The Hall–Kier alpha value is -0.300. The Balaban J connectivity index is 2.16. The van der Waals surface area contributed by atoms with E-state index in [4.69, 9.17) is 0 Å². The van der Waals surface area contributed by atoms with Crippen LogP contribution in [0.15, 0.2) is 12.2 Å². The maximum absolute atomic E-state index is 9.77. The van der Waals surface area contributed by atoms with Crippen LogP contribution in [0.2, 0.25) is 0 Å². The van der Waals surface area contributed by atoms with Gasteiger partial charge in [-0.1, -0.05) is 25.5 Å². The van der Waals surface area contributed by atoms with Crippen LogP contribution >= 0.6 is 0 Å². The van der Waals surface area contributed by atoms with E-state index in [1.54, 1.807) is 0 Å². The maximum Gasteiger partial charge on any atom is 0.0574 e. The molecule has 0 heterocycles. The van der Waals surface area contributed by atoms with E-state index < -0.39 is 0 Å². The van der Waals surface area contributed by atoms with E-state index in [1.807, 2.05) is 0 Å². The molecule has 1 heteroatoms. The zero-order valence-corrected chi connectivity index (χ0v) is 7.79. The Labute approximate surface area is 74.5 Å². The summed E-state index contributed by atoms with van der Waals surface area (Å²) < 4.78 is 0. The summed E-state index contributed by atoms with van der Waals surface area (Å²) in [6, 6.07) is 0. The van der Waals surface area contributed by atoms with Crippen molar-refractivity contribution in [2.24, 2.45) is 17.8 Å². The van der Waals surface area contributed by atoms with E-state index in [9.17, 15) is 5.11 Å². The monoisotopic (exact) mass is 166 g/mol. The Bertz CT molecular complexity index is 197. The van der Waals surface area contributed by atoms with Gasteiger partial charge in [0.25, 0.3) is 0 Å². The highest BCUT2D eigenvalue weighted by Gasteiger charge is 2.40. The van der Waals surface area contributed by atoms with Crippen LogP contribution in [-0.2, 0) is 0 Å². The molecule has 0 aromatic rings. The Morgan fingerprint density at radius 3 is 2.83 bits per heavy atom. The van der Waals surface area contributed by atoms with Gasteiger partial charge in [0, 0.05) is 0 Å². The topological polar surface area (TPSA) is 20.2 Å². The highest BCUT2D eigenvalue weighted by molar-refractivity contribution is 5.15. The van der Waals surface area contributed by atoms with Crippen LogP contribution in [0.4, 0.5) is 0 Å². The van der Waals surface area contributed by atoms with Gasteiger partial charge in [-0.25, -0.2) is 0 Å². The molecule has 2 rings (SSSR count). The summed E-state index contributed by atoms with van der Waals surface area (Å²) in [5.41, 5.74) is 1.40. The largest absolute Gasteiger partial charge is 0.393 e. The number of rotatable bonds is 0. The van der Waals surface area contributed by atoms with Crippen LogP contribution in [-0.4, -0.2) is 11.2 Å². The smallest absolute Gasteiger partial charge is 0.0574 e. The minimum absolute atomic E-state index is 0.0366. The lowest BCUT2D eigenvalue weighted by atomic mass is 9.78. The van der Waals surface area contributed by atoms with Crippen molar-refractivity contribution in [3.05, 3.63) is 12.2 Å². The van der Waals surface area contributed by atoms with E-state index in [1.165, 1.54) is 24.8 Å². The summed E-state index contributed by atoms with van der Waals surface area (Å²) in [6.45, 7) is 6.39. The van der Waals surface area contributed by atoms with Gasteiger partial charge in [0.05, 0.1) is 6.10 Å². The van der Waals surface area contributed by atoms with Crippen LogP contribution in [0, 0.1) is 17.8 Å². The molecule has 0 bridgehead atoms. The van der Waals surface area contributed by atoms with E-state index >= 15 is 0 Å². The Morgan fingerprint density at radius 1 is 1.42 bits per heavy atom. The van der Waals surface area contributed by atoms with E-state index in [0.717, 1.165) is 6.42 Å². The van der Waals surface area contributed by atoms with Crippen molar-refractivity contribution in [3.63, 3.8) is 0 Å². The summed E-state index contributed by atoms with van der Waals surface area (Å²) in [7, 11) is 0. The second-order valence-electron chi connectivity index (χ2n) is 4.48. The molecule has 1 nitrogen and oxygen atoms in total. The van der Waals surface area contributed by atoms with Gasteiger partial charge in [-0.15, -0.1) is 0 Å². The fourth-order valence-corrected chi connectivity index (χ4v) is 2.95. The third-order valence-electron chi connectivity index (χ3n) is 3.76. The van der Waals surface area contributed by atoms with Gasteiger partial charge >= 0.3 is 0 Å². The number of hydrogen-bond acceptors (Lipinski definition) is 1. The predicted molar refractivity (Wildman–Crippen MR) is 49.8 cm³/mol. The Kier molecular flexibility index (Phi) is 1.99. The molecule has 0 aliphatic heterocycles. The van der Waals surface area contributed by atoms with Gasteiger partial charge in [0.1, 0.15) is 0 Å². The molecule has 2 aliphatic rings. The number of aliphatic hydroxyl groups excluding tert-OH is 1. The van der Waals surface area contributed by atoms with Crippen LogP contribution in [0.25, 0.3) is 0 Å². The zero-order valence-electron chi connectivity index (χ0n) is 7.79. The van der Waals surface area contributed by atoms with Gasteiger partial charge in [-0.3, -0.25) is 0 Å². The van der Waals surface area contributed by atoms with Crippen molar-refractivity contribution >= 4 is 0 Å². The fourth-order valence-electron chi connectivity index (χ4n) is 2.95. The average molecular weight is 166 g/mol. The first kappa shape index (κ1) is 8.31. The molecule has 4 unspecified atom stereocenters. The van der Waals surface area contributed by atoms with Gasteiger partial charge in [0.15, 0.2) is 0 Å². The Morgan fingerprint density at radius 2 is 2.17 bits per heavy atom. The summed E-state index contributed by atoms with van der Waals surface area (Å²) in [6.07, 6.45) is 4.61. The van der Waals surface area contributed by atoms with E-state index in [-0.39, 0.29) is 6.10 Å². The minimum atomic E-state index is -0.0366. The molecular weight excluding hydrogens is 148 g/mol. The van der Waals surface area contributed by atoms with E-state index in [2.05, 4.69) is 13.5 Å². The molecule has 0 amide bonds. The third-order valence-corrected chi connectivity index (χ3v) is 3.76. The number of aliphatic hydroxyl groups is 1. The lowest BCUT2D eigenvalue weighted by Gasteiger charge is -2.30. The van der Waals surface area contributed by atoms with Crippen LogP contribution < -0.4 is 0 Å². The van der Waals surface area contributed by atoms with Crippen LogP contribution in [0.3, 0.4) is 0 Å². The quantitative estimate of drug-likeness (QED) is 0.548. The lowest BCUT2D eigenvalue weighted by Crippen LogP contribution is -2.28. The van der Waals surface area contributed by atoms with Crippen molar-refractivity contribution in [3.8, 4) is 0 Å². The number of allylic oxidation sites excluding steroid dienone is 1. The molecule has 12 heavy (non-hydrogen) atoms. The molecule has 0 spiro atoms. The SMILES string of the molecule is C=C1C(C)CC2C(O)CCCC12. The molecule has 2 aliphatic carbocycles. The number of fused-ring (bicyclic) bond motifs is 1. The van der Waals surface area contributed by atoms with Gasteiger partial charge in [0.2, 0.25) is 0 Å². The normalized spacial score (nSPS) is 47.7. The average Bonchev–Trinajstić information content (AvgIpc) is 2.32. The summed E-state index contributed by atoms with van der Waals surface area (Å²) in [5, 5.41) is 9.77. The molecule has 2 saturated carbocycles. The van der Waals surface area contributed by atoms with Gasteiger partial charge in [-0.05, 0) is 37.0 Å². The van der Waals surface area contributed by atoms with Gasteiger partial charge in [-0.2, -0.15) is 0 Å². The summed E-state index contributed by atoms with van der Waals surface area (Å²) in [4.78, 5) is 0.